The summed E-state index contributed by atoms with van der Waals surface area (Å²) >= 11 is 0. The second-order valence-electron chi connectivity index (χ2n) is 6.45. The van der Waals surface area contributed by atoms with Crippen molar-refractivity contribution in [3.63, 3.8) is 0 Å². The third-order valence-electron chi connectivity index (χ3n) is 4.68. The van der Waals surface area contributed by atoms with Gasteiger partial charge in [0.2, 0.25) is 0 Å². The lowest BCUT2D eigenvalue weighted by Crippen LogP contribution is -2.25. The van der Waals surface area contributed by atoms with E-state index in [1.807, 2.05) is 42.5 Å². The molecule has 1 aromatic heterocycles. The van der Waals surface area contributed by atoms with Crippen molar-refractivity contribution in [2.45, 2.75) is 6.42 Å². The standard InChI is InChI=1S/C23H20N2O3/c1-27-19-11-9-18(10-12-19)22-15-21(25-28-22)23(26)24-14-13-17-7-4-6-16-5-2-3-8-20(16)17/h2-12,15H,13-14H2,1H3,(H,24,26). The van der Waals surface area contributed by atoms with Crippen molar-refractivity contribution in [2.24, 2.45) is 0 Å². The summed E-state index contributed by atoms with van der Waals surface area (Å²) in [7, 11) is 1.62. The molecule has 3 aromatic carbocycles. The first-order valence-electron chi connectivity index (χ1n) is 9.10. The van der Waals surface area contributed by atoms with Crippen molar-refractivity contribution in [2.75, 3.05) is 13.7 Å². The van der Waals surface area contributed by atoms with E-state index in [1.54, 1.807) is 13.2 Å². The number of rotatable bonds is 6. The van der Waals surface area contributed by atoms with Crippen LogP contribution >= 0.6 is 0 Å². The zero-order valence-electron chi connectivity index (χ0n) is 15.5. The molecule has 1 amide bonds. The summed E-state index contributed by atoms with van der Waals surface area (Å²) < 4.78 is 10.5. The van der Waals surface area contributed by atoms with Crippen LogP contribution in [0.25, 0.3) is 22.1 Å². The van der Waals surface area contributed by atoms with Gasteiger partial charge in [-0.2, -0.15) is 0 Å². The highest BCUT2D eigenvalue weighted by Crippen LogP contribution is 2.23. The Hall–Kier alpha value is -3.60. The Morgan fingerprint density at radius 3 is 2.64 bits per heavy atom. The number of aromatic nitrogens is 1. The minimum atomic E-state index is -0.247. The van der Waals surface area contributed by atoms with Crippen LogP contribution in [0.4, 0.5) is 0 Å². The first-order chi connectivity index (χ1) is 13.7. The quantitative estimate of drug-likeness (QED) is 0.542. The van der Waals surface area contributed by atoms with Gasteiger partial charge in [-0.15, -0.1) is 0 Å². The number of carbonyl (C=O) groups is 1. The van der Waals surface area contributed by atoms with Gasteiger partial charge in [0.05, 0.1) is 7.11 Å². The molecule has 0 spiro atoms. The molecular formula is C23H20N2O3. The van der Waals surface area contributed by atoms with Gasteiger partial charge in [0, 0.05) is 18.2 Å². The van der Waals surface area contributed by atoms with Gasteiger partial charge in [-0.1, -0.05) is 47.6 Å². The van der Waals surface area contributed by atoms with Gasteiger partial charge >= 0.3 is 0 Å². The van der Waals surface area contributed by atoms with Crippen molar-refractivity contribution in [3.05, 3.63) is 84.1 Å². The summed E-state index contributed by atoms with van der Waals surface area (Å²) in [5.74, 6) is 1.06. The molecule has 0 saturated heterocycles. The summed E-state index contributed by atoms with van der Waals surface area (Å²) in [6.07, 6.45) is 0.746. The third kappa shape index (κ3) is 3.74. The van der Waals surface area contributed by atoms with Gasteiger partial charge in [0.25, 0.3) is 5.91 Å². The lowest BCUT2D eigenvalue weighted by Gasteiger charge is -2.07. The largest absolute Gasteiger partial charge is 0.497 e. The van der Waals surface area contributed by atoms with Crippen LogP contribution in [0, 0.1) is 0 Å². The second kappa shape index (κ2) is 7.96. The van der Waals surface area contributed by atoms with Crippen LogP contribution in [-0.2, 0) is 6.42 Å². The van der Waals surface area contributed by atoms with Crippen molar-refractivity contribution < 1.29 is 14.1 Å². The first kappa shape index (κ1) is 17.8. The van der Waals surface area contributed by atoms with E-state index < -0.39 is 0 Å². The summed E-state index contributed by atoms with van der Waals surface area (Å²) in [5, 5.41) is 9.22. The minimum absolute atomic E-state index is 0.247. The fourth-order valence-electron chi connectivity index (χ4n) is 3.19. The number of hydrogen-bond acceptors (Lipinski definition) is 4. The maximum Gasteiger partial charge on any atom is 0.273 e. The number of amides is 1. The Balaban J connectivity index is 1.39. The Bertz CT molecular complexity index is 1100. The van der Waals surface area contributed by atoms with E-state index in [0.29, 0.717) is 12.3 Å². The maximum atomic E-state index is 12.4. The molecule has 0 bridgehead atoms. The van der Waals surface area contributed by atoms with Gasteiger partial charge in [0.1, 0.15) is 5.75 Å². The molecule has 0 radical (unpaired) electrons. The number of ether oxygens (including phenoxy) is 1. The molecule has 0 aliphatic heterocycles. The number of fused-ring (bicyclic) bond motifs is 1. The van der Waals surface area contributed by atoms with E-state index in [4.69, 9.17) is 9.26 Å². The summed E-state index contributed by atoms with van der Waals surface area (Å²) in [5.41, 5.74) is 2.31. The molecule has 140 valence electrons. The van der Waals surface area contributed by atoms with E-state index in [2.05, 4.69) is 34.7 Å². The van der Waals surface area contributed by atoms with E-state index in [-0.39, 0.29) is 11.6 Å². The highest BCUT2D eigenvalue weighted by molar-refractivity contribution is 5.93. The topological polar surface area (TPSA) is 64.4 Å². The molecule has 4 rings (SSSR count). The molecule has 0 saturated carbocycles. The van der Waals surface area contributed by atoms with Crippen LogP contribution in [0.3, 0.4) is 0 Å². The monoisotopic (exact) mass is 372 g/mol. The normalized spacial score (nSPS) is 10.8. The molecular weight excluding hydrogens is 352 g/mol. The highest BCUT2D eigenvalue weighted by Gasteiger charge is 2.13. The zero-order valence-corrected chi connectivity index (χ0v) is 15.5. The third-order valence-corrected chi connectivity index (χ3v) is 4.68. The molecule has 5 nitrogen and oxygen atoms in total. The first-order valence-corrected chi connectivity index (χ1v) is 9.10. The maximum absolute atomic E-state index is 12.4. The highest BCUT2D eigenvalue weighted by atomic mass is 16.5. The molecule has 5 heteroatoms. The number of nitrogens with zero attached hydrogens (tertiary/aromatic N) is 1. The Labute approximate surface area is 162 Å². The predicted molar refractivity (Wildman–Crippen MR) is 108 cm³/mol. The molecule has 4 aromatic rings. The van der Waals surface area contributed by atoms with Gasteiger partial charge < -0.3 is 14.6 Å². The van der Waals surface area contributed by atoms with Crippen LogP contribution in [0.2, 0.25) is 0 Å². The van der Waals surface area contributed by atoms with Crippen LogP contribution in [0.5, 0.6) is 5.75 Å². The average molecular weight is 372 g/mol. The molecule has 1 heterocycles. The fraction of sp³-hybridized carbons (Fsp3) is 0.130. The molecule has 0 aliphatic carbocycles. The van der Waals surface area contributed by atoms with Gasteiger partial charge in [-0.05, 0) is 47.0 Å². The summed E-state index contributed by atoms with van der Waals surface area (Å²) in [4.78, 5) is 12.4. The molecule has 1 N–H and O–H groups in total. The smallest absolute Gasteiger partial charge is 0.273 e. The second-order valence-corrected chi connectivity index (χ2v) is 6.45. The van der Waals surface area contributed by atoms with Crippen molar-refractivity contribution in [1.82, 2.24) is 10.5 Å². The van der Waals surface area contributed by atoms with Crippen molar-refractivity contribution >= 4 is 16.7 Å². The molecule has 0 aliphatic rings. The Morgan fingerprint density at radius 1 is 1.04 bits per heavy atom. The van der Waals surface area contributed by atoms with Gasteiger partial charge in [-0.3, -0.25) is 4.79 Å². The van der Waals surface area contributed by atoms with Gasteiger partial charge in [0.15, 0.2) is 11.5 Å². The lowest BCUT2D eigenvalue weighted by atomic mass is 10.0. The number of benzene rings is 3. The van der Waals surface area contributed by atoms with E-state index in [0.717, 1.165) is 17.7 Å². The SMILES string of the molecule is COc1ccc(-c2cc(C(=O)NCCc3cccc4ccccc34)no2)cc1. The number of methoxy groups -OCH3 is 1. The van der Waals surface area contributed by atoms with E-state index in [1.165, 1.54) is 16.3 Å². The van der Waals surface area contributed by atoms with Crippen LogP contribution in [-0.4, -0.2) is 24.7 Å². The minimum Gasteiger partial charge on any atom is -0.497 e. The summed E-state index contributed by atoms with van der Waals surface area (Å²) in [6.45, 7) is 0.525. The molecule has 0 fully saturated rings. The molecule has 0 unspecified atom stereocenters. The number of carbonyl (C=O) groups excluding carboxylic acids is 1. The Morgan fingerprint density at radius 2 is 1.82 bits per heavy atom. The van der Waals surface area contributed by atoms with E-state index in [9.17, 15) is 4.79 Å². The van der Waals surface area contributed by atoms with E-state index >= 15 is 0 Å². The van der Waals surface area contributed by atoms with Crippen LogP contribution < -0.4 is 10.1 Å². The molecule has 28 heavy (non-hydrogen) atoms. The van der Waals surface area contributed by atoms with Crippen molar-refractivity contribution in [1.29, 1.82) is 0 Å². The number of nitrogens with one attached hydrogen (secondary N) is 1. The van der Waals surface area contributed by atoms with Crippen LogP contribution in [0.15, 0.2) is 77.3 Å². The number of hydrogen-bond donors (Lipinski definition) is 1. The van der Waals surface area contributed by atoms with Crippen LogP contribution in [0.1, 0.15) is 16.1 Å². The molecule has 0 atom stereocenters. The predicted octanol–water partition coefficient (Wildman–Crippen LogP) is 4.48. The van der Waals surface area contributed by atoms with Gasteiger partial charge in [-0.25, -0.2) is 0 Å². The summed E-state index contributed by atoms with van der Waals surface area (Å²) in [6, 6.07) is 23.5. The van der Waals surface area contributed by atoms with Crippen molar-refractivity contribution in [3.8, 4) is 17.1 Å². The average Bonchev–Trinajstić information content (AvgIpc) is 3.24. The zero-order chi connectivity index (χ0) is 19.3. The Kier molecular flexibility index (Phi) is 5.06. The lowest BCUT2D eigenvalue weighted by molar-refractivity contribution is 0.0945. The fourth-order valence-corrected chi connectivity index (χ4v) is 3.19.